The molecule has 0 atom stereocenters. The lowest BCUT2D eigenvalue weighted by Gasteiger charge is -2.28. The first-order valence-electron chi connectivity index (χ1n) is 16.1. The number of benzene rings is 8. The molecule has 1 aliphatic carbocycles. The second-order valence-corrected chi connectivity index (χ2v) is 13.0. The maximum Gasteiger partial charge on any atom is 0.0540 e. The zero-order valence-corrected chi connectivity index (χ0v) is 26.0. The summed E-state index contributed by atoms with van der Waals surface area (Å²) in [7, 11) is 0. The third kappa shape index (κ3) is 4.02. The van der Waals surface area contributed by atoms with Crippen molar-refractivity contribution >= 4 is 49.4 Å². The molecule has 0 heterocycles. The molecule has 0 N–H and O–H groups in total. The minimum absolute atomic E-state index is 0.0288. The lowest BCUT2D eigenvalue weighted by Crippen LogP contribution is -2.15. The highest BCUT2D eigenvalue weighted by Crippen LogP contribution is 2.51. The smallest absolute Gasteiger partial charge is 0.0540 e. The van der Waals surface area contributed by atoms with Crippen LogP contribution in [0.25, 0.3) is 54.6 Å². The lowest BCUT2D eigenvalue weighted by atomic mass is 9.82. The number of hydrogen-bond donors (Lipinski definition) is 0. The van der Waals surface area contributed by atoms with Crippen molar-refractivity contribution < 1.29 is 0 Å². The molecule has 0 spiro atoms. The van der Waals surface area contributed by atoms with Crippen molar-refractivity contribution in [2.75, 3.05) is 4.90 Å². The van der Waals surface area contributed by atoms with Gasteiger partial charge in [0.25, 0.3) is 0 Å². The molecule has 1 nitrogen and oxygen atoms in total. The van der Waals surface area contributed by atoms with Crippen LogP contribution in [0.5, 0.6) is 0 Å². The van der Waals surface area contributed by atoms with Gasteiger partial charge in [-0.3, -0.25) is 0 Å². The van der Waals surface area contributed by atoms with E-state index in [9.17, 15) is 0 Å². The molecule has 0 radical (unpaired) electrons. The van der Waals surface area contributed by atoms with E-state index in [2.05, 4.69) is 183 Å². The second kappa shape index (κ2) is 10.2. The summed E-state index contributed by atoms with van der Waals surface area (Å²) < 4.78 is 0. The van der Waals surface area contributed by atoms with Crippen LogP contribution >= 0.6 is 0 Å². The van der Waals surface area contributed by atoms with Crippen LogP contribution in [0.2, 0.25) is 0 Å². The van der Waals surface area contributed by atoms with Crippen molar-refractivity contribution in [3.05, 3.63) is 175 Å². The molecule has 0 unspecified atom stereocenters. The molecule has 0 saturated carbocycles. The molecule has 8 aromatic carbocycles. The van der Waals surface area contributed by atoms with E-state index in [-0.39, 0.29) is 5.41 Å². The van der Waals surface area contributed by atoms with Crippen LogP contribution in [0.15, 0.2) is 164 Å². The summed E-state index contributed by atoms with van der Waals surface area (Å²) in [4.78, 5) is 2.43. The first-order chi connectivity index (χ1) is 22.6. The van der Waals surface area contributed by atoms with Crippen molar-refractivity contribution in [2.24, 2.45) is 0 Å². The normalized spacial score (nSPS) is 13.2. The van der Waals surface area contributed by atoms with Crippen LogP contribution in [0.3, 0.4) is 0 Å². The van der Waals surface area contributed by atoms with E-state index in [4.69, 9.17) is 0 Å². The van der Waals surface area contributed by atoms with Crippen molar-refractivity contribution in [2.45, 2.75) is 19.3 Å². The maximum atomic E-state index is 2.43. The largest absolute Gasteiger partial charge is 0.310 e. The van der Waals surface area contributed by atoms with E-state index >= 15 is 0 Å². The fourth-order valence-electron chi connectivity index (χ4n) is 7.76. The van der Waals surface area contributed by atoms with Crippen LogP contribution in [0.1, 0.15) is 25.0 Å². The lowest BCUT2D eigenvalue weighted by molar-refractivity contribution is 0.660. The summed E-state index contributed by atoms with van der Waals surface area (Å²) in [5, 5.41) is 7.59. The fourth-order valence-corrected chi connectivity index (χ4v) is 7.76. The Hall–Kier alpha value is -5.66. The topological polar surface area (TPSA) is 3.24 Å². The van der Waals surface area contributed by atoms with E-state index in [0.717, 1.165) is 11.4 Å². The molecule has 218 valence electrons. The molecule has 8 aromatic rings. The molecular weight excluding hydrogens is 555 g/mol. The Labute approximate surface area is 270 Å². The van der Waals surface area contributed by atoms with Gasteiger partial charge < -0.3 is 4.90 Å². The highest BCUT2D eigenvalue weighted by Gasteiger charge is 2.35. The third-order valence-corrected chi connectivity index (χ3v) is 10.0. The van der Waals surface area contributed by atoms with Crippen molar-refractivity contribution in [3.63, 3.8) is 0 Å². The Bertz CT molecular complexity index is 2440. The van der Waals surface area contributed by atoms with Gasteiger partial charge in [-0.15, -0.1) is 0 Å². The molecule has 0 bridgehead atoms. The second-order valence-electron chi connectivity index (χ2n) is 13.0. The zero-order chi connectivity index (χ0) is 30.8. The Kier molecular flexibility index (Phi) is 5.92. The molecule has 9 rings (SSSR count). The molecule has 0 aliphatic heterocycles. The zero-order valence-electron chi connectivity index (χ0n) is 26.0. The Morgan fingerprint density at radius 3 is 1.83 bits per heavy atom. The van der Waals surface area contributed by atoms with Gasteiger partial charge in [0.1, 0.15) is 0 Å². The number of hydrogen-bond acceptors (Lipinski definition) is 1. The highest BCUT2D eigenvalue weighted by atomic mass is 15.1. The van der Waals surface area contributed by atoms with Crippen LogP contribution in [0, 0.1) is 0 Å². The summed E-state index contributed by atoms with van der Waals surface area (Å²) >= 11 is 0. The Morgan fingerprint density at radius 2 is 1.00 bits per heavy atom. The summed E-state index contributed by atoms with van der Waals surface area (Å²) in [6, 6.07) is 60.2. The van der Waals surface area contributed by atoms with Crippen LogP contribution < -0.4 is 4.90 Å². The SMILES string of the molecule is CC1(C)c2ccccc2-c2cc(N(c3ccc(-c4cc5ccccc5c5ccccc45)cc3)c3cccc4ccccc34)ccc21. The summed E-state index contributed by atoms with van der Waals surface area (Å²) in [6.45, 7) is 4.68. The minimum Gasteiger partial charge on any atom is -0.310 e. The fraction of sp³-hybridized carbons (Fsp3) is 0.0667. The van der Waals surface area contributed by atoms with Crippen LogP contribution in [-0.4, -0.2) is 0 Å². The molecule has 46 heavy (non-hydrogen) atoms. The first kappa shape index (κ1) is 26.7. The van der Waals surface area contributed by atoms with Crippen LogP contribution in [0.4, 0.5) is 17.1 Å². The molecule has 0 saturated heterocycles. The third-order valence-electron chi connectivity index (χ3n) is 10.0. The van der Waals surface area contributed by atoms with Gasteiger partial charge in [0.15, 0.2) is 0 Å². The summed E-state index contributed by atoms with van der Waals surface area (Å²) in [5.74, 6) is 0. The van der Waals surface area contributed by atoms with Gasteiger partial charge in [-0.1, -0.05) is 141 Å². The van der Waals surface area contributed by atoms with Crippen LogP contribution in [-0.2, 0) is 5.41 Å². The van der Waals surface area contributed by atoms with Crippen molar-refractivity contribution in [1.29, 1.82) is 0 Å². The molecular formula is C45H33N. The highest BCUT2D eigenvalue weighted by molar-refractivity contribution is 6.13. The quantitative estimate of drug-likeness (QED) is 0.185. The van der Waals surface area contributed by atoms with Gasteiger partial charge in [-0.2, -0.15) is 0 Å². The van der Waals surface area contributed by atoms with Gasteiger partial charge >= 0.3 is 0 Å². The monoisotopic (exact) mass is 587 g/mol. The maximum absolute atomic E-state index is 2.43. The average molecular weight is 588 g/mol. The average Bonchev–Trinajstić information content (AvgIpc) is 3.34. The van der Waals surface area contributed by atoms with E-state index in [1.807, 2.05) is 0 Å². The van der Waals surface area contributed by atoms with Gasteiger partial charge in [-0.25, -0.2) is 0 Å². The van der Waals surface area contributed by atoms with E-state index < -0.39 is 0 Å². The molecule has 0 amide bonds. The number of nitrogens with zero attached hydrogens (tertiary/aromatic N) is 1. The first-order valence-corrected chi connectivity index (χ1v) is 16.1. The van der Waals surface area contributed by atoms with Gasteiger partial charge in [0.2, 0.25) is 0 Å². The van der Waals surface area contributed by atoms with Gasteiger partial charge in [0.05, 0.1) is 5.69 Å². The summed E-state index contributed by atoms with van der Waals surface area (Å²) in [5.41, 5.74) is 11.3. The standard InChI is InChI=1S/C45H33N/c1-45(2)42-20-10-9-19-39(42)41-29-34(26-27-43(41)45)46(44-21-11-14-30-12-3-6-16-36(30)44)33-24-22-31(23-25-33)40-28-32-13-4-5-15-35(32)37-17-7-8-18-38(37)40/h3-29H,1-2H3. The Morgan fingerprint density at radius 1 is 0.391 bits per heavy atom. The van der Waals surface area contributed by atoms with E-state index in [1.54, 1.807) is 0 Å². The predicted octanol–water partition coefficient (Wildman–Crippen LogP) is 12.6. The van der Waals surface area contributed by atoms with Gasteiger partial charge in [-0.05, 0) is 96.7 Å². The molecule has 0 fully saturated rings. The number of anilines is 3. The van der Waals surface area contributed by atoms with Crippen molar-refractivity contribution in [1.82, 2.24) is 0 Å². The minimum atomic E-state index is -0.0288. The molecule has 1 aliphatic rings. The number of rotatable bonds is 4. The summed E-state index contributed by atoms with van der Waals surface area (Å²) in [6.07, 6.45) is 0. The molecule has 0 aromatic heterocycles. The van der Waals surface area contributed by atoms with Crippen molar-refractivity contribution in [3.8, 4) is 22.3 Å². The van der Waals surface area contributed by atoms with E-state index in [0.29, 0.717) is 0 Å². The van der Waals surface area contributed by atoms with Gasteiger partial charge in [0, 0.05) is 22.2 Å². The number of fused-ring (bicyclic) bond motifs is 7. The predicted molar refractivity (Wildman–Crippen MR) is 197 cm³/mol. The Balaban J connectivity index is 1.23. The van der Waals surface area contributed by atoms with E-state index in [1.165, 1.54) is 71.4 Å². The molecule has 1 heteroatoms.